The summed E-state index contributed by atoms with van der Waals surface area (Å²) in [6.45, 7) is 0.643. The van der Waals surface area contributed by atoms with Crippen LogP contribution >= 0.6 is 0 Å². The Balaban J connectivity index is 1.49. The van der Waals surface area contributed by atoms with Crippen LogP contribution in [-0.4, -0.2) is 18.0 Å². The van der Waals surface area contributed by atoms with E-state index in [9.17, 15) is 4.79 Å². The Hall–Kier alpha value is -1.35. The van der Waals surface area contributed by atoms with Crippen LogP contribution in [0.3, 0.4) is 0 Å². The van der Waals surface area contributed by atoms with Gasteiger partial charge in [0.15, 0.2) is 0 Å². The molecular weight excluding hydrogens is 248 g/mol. The summed E-state index contributed by atoms with van der Waals surface area (Å²) in [5, 5.41) is 3.09. The van der Waals surface area contributed by atoms with Crippen molar-refractivity contribution in [2.45, 2.75) is 50.0 Å². The largest absolute Gasteiger partial charge is 0.354 e. The number of hydrogen-bond acceptors (Lipinski definition) is 2. The van der Waals surface area contributed by atoms with Crippen molar-refractivity contribution in [3.63, 3.8) is 0 Å². The van der Waals surface area contributed by atoms with E-state index in [-0.39, 0.29) is 17.4 Å². The van der Waals surface area contributed by atoms with E-state index in [0.717, 1.165) is 19.3 Å². The Morgan fingerprint density at radius 2 is 1.90 bits per heavy atom. The highest BCUT2D eigenvalue weighted by molar-refractivity contribution is 5.82. The minimum atomic E-state index is -0.162. The molecule has 1 aromatic carbocycles. The Kier molecular flexibility index (Phi) is 3.79. The summed E-state index contributed by atoms with van der Waals surface area (Å²) >= 11 is 0. The molecule has 0 saturated heterocycles. The maximum atomic E-state index is 12.2. The molecular formula is C17H24N2O. The number of rotatable bonds is 4. The molecule has 0 aliphatic heterocycles. The van der Waals surface area contributed by atoms with Crippen LogP contribution in [0.4, 0.5) is 0 Å². The van der Waals surface area contributed by atoms with Crippen LogP contribution in [0.15, 0.2) is 30.3 Å². The van der Waals surface area contributed by atoms with Crippen molar-refractivity contribution < 1.29 is 4.79 Å². The minimum absolute atomic E-state index is 0.157. The molecule has 0 bridgehead atoms. The second-order valence-electron chi connectivity index (χ2n) is 6.50. The quantitative estimate of drug-likeness (QED) is 0.885. The third-order valence-electron chi connectivity index (χ3n) is 4.82. The van der Waals surface area contributed by atoms with Crippen molar-refractivity contribution in [2.75, 3.05) is 6.54 Å². The standard InChI is InChI=1S/C17H24N2O/c18-17(9-5-2-6-10-17)12-19-16(20)15-11-14(15)13-7-3-1-4-8-13/h1,3-4,7-8,14-15H,2,5-6,9-12,18H2,(H,19,20)/t14-,15+/m1/s1. The fraction of sp³-hybridized carbons (Fsp3) is 0.588. The van der Waals surface area contributed by atoms with Crippen molar-refractivity contribution in [2.24, 2.45) is 11.7 Å². The molecule has 2 fully saturated rings. The molecule has 2 saturated carbocycles. The summed E-state index contributed by atoms with van der Waals surface area (Å²) < 4.78 is 0. The first-order chi connectivity index (χ1) is 9.68. The monoisotopic (exact) mass is 272 g/mol. The number of amides is 1. The highest BCUT2D eigenvalue weighted by Crippen LogP contribution is 2.47. The highest BCUT2D eigenvalue weighted by Gasteiger charge is 2.44. The molecule has 0 radical (unpaired) electrons. The van der Waals surface area contributed by atoms with Crippen LogP contribution in [0, 0.1) is 5.92 Å². The zero-order valence-electron chi connectivity index (χ0n) is 12.0. The molecule has 0 spiro atoms. The molecule has 0 heterocycles. The first-order valence-corrected chi connectivity index (χ1v) is 7.79. The fourth-order valence-corrected chi connectivity index (χ4v) is 3.38. The van der Waals surface area contributed by atoms with E-state index in [0.29, 0.717) is 12.5 Å². The predicted octanol–water partition coefficient (Wildman–Crippen LogP) is 2.57. The summed E-state index contributed by atoms with van der Waals surface area (Å²) in [4.78, 5) is 12.2. The lowest BCUT2D eigenvalue weighted by Crippen LogP contribution is -2.51. The molecule has 3 nitrogen and oxygen atoms in total. The number of hydrogen-bond donors (Lipinski definition) is 2. The molecule has 2 aliphatic carbocycles. The molecule has 108 valence electrons. The number of carbonyl (C=O) groups is 1. The Bertz CT molecular complexity index is 465. The Morgan fingerprint density at radius 3 is 2.60 bits per heavy atom. The van der Waals surface area contributed by atoms with E-state index < -0.39 is 0 Å². The summed E-state index contributed by atoms with van der Waals surface area (Å²) in [6, 6.07) is 10.3. The molecule has 1 amide bonds. The van der Waals surface area contributed by atoms with Crippen LogP contribution in [0.5, 0.6) is 0 Å². The lowest BCUT2D eigenvalue weighted by atomic mass is 9.82. The van der Waals surface area contributed by atoms with E-state index in [2.05, 4.69) is 17.4 Å². The third kappa shape index (κ3) is 3.04. The smallest absolute Gasteiger partial charge is 0.223 e. The Morgan fingerprint density at radius 1 is 1.20 bits per heavy atom. The first-order valence-electron chi connectivity index (χ1n) is 7.79. The second-order valence-corrected chi connectivity index (χ2v) is 6.50. The van der Waals surface area contributed by atoms with Gasteiger partial charge in [-0.15, -0.1) is 0 Å². The van der Waals surface area contributed by atoms with Gasteiger partial charge in [0.2, 0.25) is 5.91 Å². The van der Waals surface area contributed by atoms with Crippen molar-refractivity contribution in [1.82, 2.24) is 5.32 Å². The topological polar surface area (TPSA) is 55.1 Å². The summed E-state index contributed by atoms with van der Waals surface area (Å²) in [7, 11) is 0. The van der Waals surface area contributed by atoms with Gasteiger partial charge < -0.3 is 11.1 Å². The van der Waals surface area contributed by atoms with Gasteiger partial charge in [0, 0.05) is 18.0 Å². The normalized spacial score (nSPS) is 27.9. The van der Waals surface area contributed by atoms with Crippen LogP contribution in [0.25, 0.3) is 0 Å². The lowest BCUT2D eigenvalue weighted by Gasteiger charge is -2.33. The van der Waals surface area contributed by atoms with Crippen LogP contribution < -0.4 is 11.1 Å². The van der Waals surface area contributed by atoms with Crippen LogP contribution in [0.2, 0.25) is 0 Å². The molecule has 3 heteroatoms. The average molecular weight is 272 g/mol. The predicted molar refractivity (Wildman–Crippen MR) is 80.3 cm³/mol. The van der Waals surface area contributed by atoms with Gasteiger partial charge in [-0.25, -0.2) is 0 Å². The number of carbonyl (C=O) groups excluding carboxylic acids is 1. The molecule has 2 atom stereocenters. The maximum absolute atomic E-state index is 12.2. The zero-order valence-corrected chi connectivity index (χ0v) is 12.0. The van der Waals surface area contributed by atoms with Gasteiger partial charge in [-0.1, -0.05) is 49.6 Å². The van der Waals surface area contributed by atoms with Gasteiger partial charge >= 0.3 is 0 Å². The first kappa shape index (κ1) is 13.6. The van der Waals surface area contributed by atoms with Crippen molar-refractivity contribution >= 4 is 5.91 Å². The molecule has 3 N–H and O–H groups in total. The van der Waals surface area contributed by atoms with Crippen molar-refractivity contribution in [3.8, 4) is 0 Å². The SMILES string of the molecule is NC1(CNC(=O)[C@H]2C[C@@H]2c2ccccc2)CCCCC1. The summed E-state index contributed by atoms with van der Waals surface area (Å²) in [5.74, 6) is 0.759. The lowest BCUT2D eigenvalue weighted by molar-refractivity contribution is -0.122. The average Bonchev–Trinajstić information content (AvgIpc) is 3.27. The van der Waals surface area contributed by atoms with Gasteiger partial charge in [0.05, 0.1) is 0 Å². The molecule has 0 unspecified atom stereocenters. The summed E-state index contributed by atoms with van der Waals surface area (Å²) in [6.07, 6.45) is 6.74. The fourth-order valence-electron chi connectivity index (χ4n) is 3.38. The molecule has 2 aliphatic rings. The number of benzene rings is 1. The zero-order chi connectivity index (χ0) is 14.0. The van der Waals surface area contributed by atoms with Crippen LogP contribution in [0.1, 0.15) is 50.0 Å². The van der Waals surface area contributed by atoms with Gasteiger partial charge in [-0.05, 0) is 30.7 Å². The highest BCUT2D eigenvalue weighted by atomic mass is 16.2. The number of nitrogens with two attached hydrogens (primary N) is 1. The van der Waals surface area contributed by atoms with E-state index >= 15 is 0 Å². The van der Waals surface area contributed by atoms with Gasteiger partial charge in [-0.2, -0.15) is 0 Å². The Labute approximate surface area is 120 Å². The van der Waals surface area contributed by atoms with Gasteiger partial charge in [0.25, 0.3) is 0 Å². The summed E-state index contributed by atoms with van der Waals surface area (Å²) in [5.41, 5.74) is 7.48. The van der Waals surface area contributed by atoms with E-state index in [1.165, 1.54) is 24.8 Å². The van der Waals surface area contributed by atoms with Gasteiger partial charge in [-0.3, -0.25) is 4.79 Å². The molecule has 3 rings (SSSR count). The van der Waals surface area contributed by atoms with Crippen molar-refractivity contribution in [3.05, 3.63) is 35.9 Å². The molecule has 1 aromatic rings. The third-order valence-corrected chi connectivity index (χ3v) is 4.82. The minimum Gasteiger partial charge on any atom is -0.354 e. The molecule has 20 heavy (non-hydrogen) atoms. The van der Waals surface area contributed by atoms with Crippen molar-refractivity contribution in [1.29, 1.82) is 0 Å². The van der Waals surface area contributed by atoms with Gasteiger partial charge in [0.1, 0.15) is 0 Å². The van der Waals surface area contributed by atoms with E-state index in [1.54, 1.807) is 0 Å². The number of nitrogens with one attached hydrogen (secondary N) is 1. The second kappa shape index (κ2) is 5.57. The van der Waals surface area contributed by atoms with E-state index in [1.807, 2.05) is 18.2 Å². The maximum Gasteiger partial charge on any atom is 0.223 e. The molecule has 0 aromatic heterocycles. The van der Waals surface area contributed by atoms with Crippen LogP contribution in [-0.2, 0) is 4.79 Å². The van der Waals surface area contributed by atoms with E-state index in [4.69, 9.17) is 5.73 Å².